The van der Waals surface area contributed by atoms with E-state index < -0.39 is 0 Å². The summed E-state index contributed by atoms with van der Waals surface area (Å²) in [6.45, 7) is 8.42. The number of hydrogen-bond acceptors (Lipinski definition) is 2. The maximum atomic E-state index is 13.1. The minimum Gasteiger partial charge on any atom is -0.310 e. The minimum absolute atomic E-state index is 0.116. The normalized spacial score (nSPS) is 18.2. The SMILES string of the molecule is CCN1CCC(NCc2ccc(F)c(C)c2)CC1. The molecule has 1 aliphatic rings. The van der Waals surface area contributed by atoms with Crippen molar-refractivity contribution in [2.45, 2.75) is 39.3 Å². The Balaban J connectivity index is 1.79. The highest BCUT2D eigenvalue weighted by Gasteiger charge is 2.17. The monoisotopic (exact) mass is 250 g/mol. The van der Waals surface area contributed by atoms with Crippen LogP contribution in [-0.4, -0.2) is 30.6 Å². The van der Waals surface area contributed by atoms with Crippen molar-refractivity contribution in [1.29, 1.82) is 0 Å². The van der Waals surface area contributed by atoms with E-state index in [-0.39, 0.29) is 5.82 Å². The molecule has 1 saturated heterocycles. The van der Waals surface area contributed by atoms with E-state index in [0.29, 0.717) is 6.04 Å². The summed E-state index contributed by atoms with van der Waals surface area (Å²) < 4.78 is 13.1. The van der Waals surface area contributed by atoms with Gasteiger partial charge in [0, 0.05) is 12.6 Å². The number of rotatable bonds is 4. The molecule has 0 amide bonds. The Morgan fingerprint density at radius 2 is 2.06 bits per heavy atom. The van der Waals surface area contributed by atoms with Gasteiger partial charge in [0.25, 0.3) is 0 Å². The Hall–Kier alpha value is -0.930. The van der Waals surface area contributed by atoms with Gasteiger partial charge < -0.3 is 10.2 Å². The van der Waals surface area contributed by atoms with E-state index in [1.165, 1.54) is 31.5 Å². The first-order chi connectivity index (χ1) is 8.69. The molecule has 0 aromatic heterocycles. The largest absolute Gasteiger partial charge is 0.310 e. The van der Waals surface area contributed by atoms with Gasteiger partial charge in [-0.05, 0) is 56.6 Å². The predicted molar refractivity (Wildman–Crippen MR) is 73.1 cm³/mol. The lowest BCUT2D eigenvalue weighted by Gasteiger charge is -2.31. The molecule has 1 fully saturated rings. The lowest BCUT2D eigenvalue weighted by atomic mass is 10.0. The highest BCUT2D eigenvalue weighted by molar-refractivity contribution is 5.23. The van der Waals surface area contributed by atoms with Crippen LogP contribution < -0.4 is 5.32 Å². The Kier molecular flexibility index (Phi) is 4.72. The van der Waals surface area contributed by atoms with Gasteiger partial charge in [-0.3, -0.25) is 0 Å². The number of halogens is 1. The number of nitrogens with one attached hydrogen (secondary N) is 1. The third-order valence-electron chi connectivity index (χ3n) is 3.85. The summed E-state index contributed by atoms with van der Waals surface area (Å²) in [6, 6.07) is 5.98. The molecular weight excluding hydrogens is 227 g/mol. The summed E-state index contributed by atoms with van der Waals surface area (Å²) in [6.07, 6.45) is 2.43. The van der Waals surface area contributed by atoms with Crippen LogP contribution in [0.25, 0.3) is 0 Å². The van der Waals surface area contributed by atoms with Gasteiger partial charge in [0.2, 0.25) is 0 Å². The second-order valence-electron chi connectivity index (χ2n) is 5.17. The smallest absolute Gasteiger partial charge is 0.126 e. The molecule has 1 aromatic rings. The number of aryl methyl sites for hydroxylation is 1. The molecule has 2 nitrogen and oxygen atoms in total. The van der Waals surface area contributed by atoms with Crippen LogP contribution in [0.15, 0.2) is 18.2 Å². The summed E-state index contributed by atoms with van der Waals surface area (Å²) in [5.41, 5.74) is 1.90. The van der Waals surface area contributed by atoms with E-state index >= 15 is 0 Å². The molecule has 0 bridgehead atoms. The van der Waals surface area contributed by atoms with Crippen molar-refractivity contribution in [3.05, 3.63) is 35.1 Å². The lowest BCUT2D eigenvalue weighted by molar-refractivity contribution is 0.206. The van der Waals surface area contributed by atoms with Crippen LogP contribution in [0.4, 0.5) is 4.39 Å². The first-order valence-corrected chi connectivity index (χ1v) is 6.90. The van der Waals surface area contributed by atoms with Crippen molar-refractivity contribution in [3.8, 4) is 0 Å². The zero-order chi connectivity index (χ0) is 13.0. The van der Waals surface area contributed by atoms with Gasteiger partial charge in [-0.2, -0.15) is 0 Å². The van der Waals surface area contributed by atoms with Crippen LogP contribution in [-0.2, 0) is 6.54 Å². The minimum atomic E-state index is -0.116. The fourth-order valence-electron chi connectivity index (χ4n) is 2.53. The molecule has 1 aliphatic heterocycles. The molecule has 1 aromatic carbocycles. The van der Waals surface area contributed by atoms with E-state index in [1.54, 1.807) is 6.07 Å². The topological polar surface area (TPSA) is 15.3 Å². The van der Waals surface area contributed by atoms with Crippen LogP contribution in [0.2, 0.25) is 0 Å². The maximum Gasteiger partial charge on any atom is 0.126 e. The van der Waals surface area contributed by atoms with Crippen LogP contribution in [0.1, 0.15) is 30.9 Å². The average Bonchev–Trinajstić information content (AvgIpc) is 2.41. The van der Waals surface area contributed by atoms with Gasteiger partial charge in [-0.1, -0.05) is 19.1 Å². The molecule has 1 heterocycles. The Morgan fingerprint density at radius 1 is 1.33 bits per heavy atom. The molecule has 0 unspecified atom stereocenters. The molecular formula is C15H23FN2. The highest BCUT2D eigenvalue weighted by Crippen LogP contribution is 2.12. The molecule has 0 spiro atoms. The number of nitrogens with zero attached hydrogens (tertiary/aromatic N) is 1. The van der Waals surface area contributed by atoms with Gasteiger partial charge in [-0.25, -0.2) is 4.39 Å². The van der Waals surface area contributed by atoms with Crippen molar-refractivity contribution < 1.29 is 4.39 Å². The molecule has 3 heteroatoms. The molecule has 0 aliphatic carbocycles. The second-order valence-corrected chi connectivity index (χ2v) is 5.17. The Labute approximate surface area is 109 Å². The van der Waals surface area contributed by atoms with Gasteiger partial charge in [0.15, 0.2) is 0 Å². The van der Waals surface area contributed by atoms with Crippen LogP contribution in [0.3, 0.4) is 0 Å². The number of hydrogen-bond donors (Lipinski definition) is 1. The summed E-state index contributed by atoms with van der Waals surface area (Å²) in [7, 11) is 0. The first-order valence-electron chi connectivity index (χ1n) is 6.90. The van der Waals surface area contributed by atoms with Crippen molar-refractivity contribution >= 4 is 0 Å². The number of benzene rings is 1. The maximum absolute atomic E-state index is 13.1. The Morgan fingerprint density at radius 3 is 2.67 bits per heavy atom. The lowest BCUT2D eigenvalue weighted by Crippen LogP contribution is -2.42. The average molecular weight is 250 g/mol. The highest BCUT2D eigenvalue weighted by atomic mass is 19.1. The van der Waals surface area contributed by atoms with E-state index in [4.69, 9.17) is 0 Å². The van der Waals surface area contributed by atoms with Gasteiger partial charge in [0.05, 0.1) is 0 Å². The van der Waals surface area contributed by atoms with E-state index in [2.05, 4.69) is 17.1 Å². The third-order valence-corrected chi connectivity index (χ3v) is 3.85. The van der Waals surface area contributed by atoms with Crippen LogP contribution in [0.5, 0.6) is 0 Å². The van der Waals surface area contributed by atoms with Crippen molar-refractivity contribution in [3.63, 3.8) is 0 Å². The van der Waals surface area contributed by atoms with E-state index in [0.717, 1.165) is 18.7 Å². The van der Waals surface area contributed by atoms with Crippen LogP contribution in [0, 0.1) is 12.7 Å². The molecule has 2 rings (SSSR count). The van der Waals surface area contributed by atoms with Crippen molar-refractivity contribution in [2.24, 2.45) is 0 Å². The van der Waals surface area contributed by atoms with Gasteiger partial charge in [-0.15, -0.1) is 0 Å². The Bertz CT molecular complexity index is 384. The van der Waals surface area contributed by atoms with Gasteiger partial charge >= 0.3 is 0 Å². The molecule has 0 radical (unpaired) electrons. The summed E-state index contributed by atoms with van der Waals surface area (Å²) in [5, 5.41) is 3.58. The molecule has 1 N–H and O–H groups in total. The van der Waals surface area contributed by atoms with E-state index in [9.17, 15) is 4.39 Å². The summed E-state index contributed by atoms with van der Waals surface area (Å²) in [5.74, 6) is -0.116. The second kappa shape index (κ2) is 6.30. The van der Waals surface area contributed by atoms with Gasteiger partial charge in [0.1, 0.15) is 5.82 Å². The molecule has 0 saturated carbocycles. The van der Waals surface area contributed by atoms with Crippen LogP contribution >= 0.6 is 0 Å². The fraction of sp³-hybridized carbons (Fsp3) is 0.600. The summed E-state index contributed by atoms with van der Waals surface area (Å²) in [4.78, 5) is 2.49. The molecule has 18 heavy (non-hydrogen) atoms. The predicted octanol–water partition coefficient (Wildman–Crippen LogP) is 2.71. The number of likely N-dealkylation sites (tertiary alicyclic amines) is 1. The van der Waals surface area contributed by atoms with Crippen molar-refractivity contribution in [1.82, 2.24) is 10.2 Å². The summed E-state index contributed by atoms with van der Waals surface area (Å²) >= 11 is 0. The quantitative estimate of drug-likeness (QED) is 0.884. The molecule has 0 atom stereocenters. The zero-order valence-electron chi connectivity index (χ0n) is 11.4. The number of piperidine rings is 1. The third kappa shape index (κ3) is 3.53. The first kappa shape index (κ1) is 13.5. The standard InChI is InChI=1S/C15H23FN2/c1-3-18-8-6-14(7-9-18)17-11-13-4-5-15(16)12(2)10-13/h4-5,10,14,17H,3,6-9,11H2,1-2H3. The molecule has 100 valence electrons. The zero-order valence-corrected chi connectivity index (χ0v) is 11.4. The van der Waals surface area contributed by atoms with Crippen molar-refractivity contribution in [2.75, 3.05) is 19.6 Å². The van der Waals surface area contributed by atoms with E-state index in [1.807, 2.05) is 19.1 Å². The fourth-order valence-corrected chi connectivity index (χ4v) is 2.53.